The molecule has 0 aliphatic carbocycles. The van der Waals surface area contributed by atoms with E-state index >= 15 is 0 Å². The Bertz CT molecular complexity index is 994. The summed E-state index contributed by atoms with van der Waals surface area (Å²) >= 11 is 0. The highest BCUT2D eigenvalue weighted by molar-refractivity contribution is 5.85. The summed E-state index contributed by atoms with van der Waals surface area (Å²) in [7, 11) is 1.93. The van der Waals surface area contributed by atoms with Gasteiger partial charge in [-0.15, -0.1) is 24.8 Å². The predicted molar refractivity (Wildman–Crippen MR) is 106 cm³/mol. The van der Waals surface area contributed by atoms with Crippen LogP contribution in [0.1, 0.15) is 17.2 Å². The Hall–Kier alpha value is -2.44. The zero-order chi connectivity index (χ0) is 16.5. The third kappa shape index (κ3) is 3.86. The van der Waals surface area contributed by atoms with E-state index in [0.29, 0.717) is 0 Å². The molecule has 0 spiro atoms. The number of aromatic nitrogens is 6. The lowest BCUT2D eigenvalue weighted by molar-refractivity contribution is 0.683. The first-order valence-electron chi connectivity index (χ1n) is 7.97. The van der Waals surface area contributed by atoms with E-state index in [1.54, 1.807) is 0 Å². The monoisotopic (exact) mass is 390 g/mol. The van der Waals surface area contributed by atoms with Crippen molar-refractivity contribution in [3.8, 4) is 11.4 Å². The minimum atomic E-state index is 0. The SMILES string of the molecule is Cc1cccn2nc(CCc3nc(-c4ccccc4)nn3C)nc12.Cl.Cl. The minimum absolute atomic E-state index is 0. The van der Waals surface area contributed by atoms with Gasteiger partial charge < -0.3 is 0 Å². The molecule has 0 atom stereocenters. The Morgan fingerprint density at radius 1 is 0.885 bits per heavy atom. The molecule has 0 radical (unpaired) electrons. The van der Waals surface area contributed by atoms with Crippen molar-refractivity contribution < 1.29 is 0 Å². The molecule has 1 aromatic carbocycles. The predicted octanol–water partition coefficient (Wildman–Crippen LogP) is 3.46. The number of nitrogens with zero attached hydrogens (tertiary/aromatic N) is 6. The fraction of sp³-hybridized carbons (Fsp3) is 0.222. The number of hydrogen-bond acceptors (Lipinski definition) is 4. The molecule has 3 heterocycles. The number of rotatable bonds is 4. The zero-order valence-electron chi connectivity index (χ0n) is 14.5. The van der Waals surface area contributed by atoms with E-state index in [1.165, 1.54) is 0 Å². The number of benzene rings is 1. The van der Waals surface area contributed by atoms with Crippen molar-refractivity contribution >= 4 is 30.5 Å². The molecule has 0 saturated carbocycles. The first-order valence-corrected chi connectivity index (χ1v) is 7.97. The second-order valence-corrected chi connectivity index (χ2v) is 5.83. The summed E-state index contributed by atoms with van der Waals surface area (Å²) in [5.41, 5.74) is 3.07. The Morgan fingerprint density at radius 3 is 2.38 bits per heavy atom. The molecule has 3 aromatic heterocycles. The topological polar surface area (TPSA) is 60.9 Å². The maximum absolute atomic E-state index is 4.66. The largest absolute Gasteiger partial charge is 0.253 e. The fourth-order valence-electron chi connectivity index (χ4n) is 2.76. The fourth-order valence-corrected chi connectivity index (χ4v) is 2.76. The lowest BCUT2D eigenvalue weighted by atomic mass is 10.2. The molecular formula is C18H20Cl2N6. The molecule has 0 unspecified atom stereocenters. The van der Waals surface area contributed by atoms with Crippen LogP contribution in [0.25, 0.3) is 17.0 Å². The third-order valence-electron chi connectivity index (χ3n) is 4.06. The number of hydrogen-bond donors (Lipinski definition) is 0. The molecule has 0 fully saturated rings. The zero-order valence-corrected chi connectivity index (χ0v) is 16.2. The van der Waals surface area contributed by atoms with E-state index in [1.807, 2.05) is 71.8 Å². The van der Waals surface area contributed by atoms with Gasteiger partial charge in [-0.2, -0.15) is 10.2 Å². The van der Waals surface area contributed by atoms with Crippen molar-refractivity contribution in [3.05, 3.63) is 65.9 Å². The van der Waals surface area contributed by atoms with Crippen LogP contribution < -0.4 is 0 Å². The highest BCUT2D eigenvalue weighted by atomic mass is 35.5. The summed E-state index contributed by atoms with van der Waals surface area (Å²) < 4.78 is 3.67. The maximum Gasteiger partial charge on any atom is 0.181 e. The Kier molecular flexibility index (Phi) is 6.34. The van der Waals surface area contributed by atoms with E-state index < -0.39 is 0 Å². The van der Waals surface area contributed by atoms with Gasteiger partial charge in [-0.05, 0) is 18.6 Å². The summed E-state index contributed by atoms with van der Waals surface area (Å²) in [6.07, 6.45) is 3.42. The molecule has 4 rings (SSSR count). The van der Waals surface area contributed by atoms with E-state index in [2.05, 4.69) is 20.2 Å². The lowest BCUT2D eigenvalue weighted by Crippen LogP contribution is -2.02. The Labute approximate surface area is 164 Å². The molecule has 4 aromatic rings. The van der Waals surface area contributed by atoms with Gasteiger partial charge in [0.1, 0.15) is 5.82 Å². The molecule has 8 heteroatoms. The first kappa shape index (κ1) is 19.9. The van der Waals surface area contributed by atoms with Crippen LogP contribution in [0, 0.1) is 6.92 Å². The van der Waals surface area contributed by atoms with Crippen LogP contribution in [0.3, 0.4) is 0 Å². The van der Waals surface area contributed by atoms with Crippen LogP contribution in [-0.4, -0.2) is 29.4 Å². The first-order chi connectivity index (χ1) is 11.7. The van der Waals surface area contributed by atoms with Crippen LogP contribution in [0.2, 0.25) is 0 Å². The molecule has 6 nitrogen and oxygen atoms in total. The van der Waals surface area contributed by atoms with E-state index in [-0.39, 0.29) is 24.8 Å². The van der Waals surface area contributed by atoms with Gasteiger partial charge >= 0.3 is 0 Å². The molecule has 0 bridgehead atoms. The molecular weight excluding hydrogens is 371 g/mol. The van der Waals surface area contributed by atoms with Crippen molar-refractivity contribution in [2.45, 2.75) is 19.8 Å². The third-order valence-corrected chi connectivity index (χ3v) is 4.06. The van der Waals surface area contributed by atoms with Gasteiger partial charge in [0.05, 0.1) is 0 Å². The number of pyridine rings is 1. The van der Waals surface area contributed by atoms with Crippen LogP contribution in [0.15, 0.2) is 48.7 Å². The minimum Gasteiger partial charge on any atom is -0.253 e. The summed E-state index contributed by atoms with van der Waals surface area (Å²) in [5, 5.41) is 9.04. The number of fused-ring (bicyclic) bond motifs is 1. The van der Waals surface area contributed by atoms with E-state index in [9.17, 15) is 0 Å². The number of halogens is 2. The van der Waals surface area contributed by atoms with Gasteiger partial charge in [-0.3, -0.25) is 4.68 Å². The number of aryl methyl sites for hydroxylation is 4. The lowest BCUT2D eigenvalue weighted by Gasteiger charge is -1.96. The highest BCUT2D eigenvalue weighted by Gasteiger charge is 2.11. The molecule has 0 aliphatic rings. The van der Waals surface area contributed by atoms with Gasteiger partial charge in [-0.25, -0.2) is 14.5 Å². The van der Waals surface area contributed by atoms with Crippen LogP contribution >= 0.6 is 24.8 Å². The van der Waals surface area contributed by atoms with Crippen LogP contribution in [0.4, 0.5) is 0 Å². The molecule has 0 saturated heterocycles. The van der Waals surface area contributed by atoms with Gasteiger partial charge in [0.25, 0.3) is 0 Å². The second-order valence-electron chi connectivity index (χ2n) is 5.83. The van der Waals surface area contributed by atoms with Crippen LogP contribution in [0.5, 0.6) is 0 Å². The van der Waals surface area contributed by atoms with Crippen molar-refractivity contribution in [2.75, 3.05) is 0 Å². The van der Waals surface area contributed by atoms with Gasteiger partial charge in [0.2, 0.25) is 0 Å². The molecule has 26 heavy (non-hydrogen) atoms. The molecule has 0 amide bonds. The van der Waals surface area contributed by atoms with Gasteiger partial charge in [0.15, 0.2) is 17.3 Å². The standard InChI is InChI=1S/C18H18N6.2ClH/c1-13-7-6-12-24-18(13)19-15(21-24)10-11-16-20-17(22-23(16)2)14-8-4-3-5-9-14;;/h3-9,12H,10-11H2,1-2H3;2*1H. The summed E-state index contributed by atoms with van der Waals surface area (Å²) in [6.45, 7) is 2.04. The summed E-state index contributed by atoms with van der Waals surface area (Å²) in [4.78, 5) is 9.27. The van der Waals surface area contributed by atoms with Crippen LogP contribution in [-0.2, 0) is 19.9 Å². The smallest absolute Gasteiger partial charge is 0.181 e. The van der Waals surface area contributed by atoms with E-state index in [0.717, 1.165) is 47.1 Å². The molecule has 0 N–H and O–H groups in total. The Morgan fingerprint density at radius 2 is 1.65 bits per heavy atom. The molecule has 136 valence electrons. The Balaban J connectivity index is 0.00000121. The normalized spacial score (nSPS) is 10.4. The van der Waals surface area contributed by atoms with Gasteiger partial charge in [-0.1, -0.05) is 36.4 Å². The van der Waals surface area contributed by atoms with Crippen molar-refractivity contribution in [2.24, 2.45) is 7.05 Å². The second kappa shape index (κ2) is 8.29. The van der Waals surface area contributed by atoms with E-state index in [4.69, 9.17) is 0 Å². The highest BCUT2D eigenvalue weighted by Crippen LogP contribution is 2.15. The van der Waals surface area contributed by atoms with Crippen molar-refractivity contribution in [3.63, 3.8) is 0 Å². The molecule has 0 aliphatic heterocycles. The summed E-state index contributed by atoms with van der Waals surface area (Å²) in [6, 6.07) is 14.0. The van der Waals surface area contributed by atoms with Gasteiger partial charge in [0, 0.05) is 31.6 Å². The average Bonchev–Trinajstić information content (AvgIpc) is 3.18. The maximum atomic E-state index is 4.66. The summed E-state index contributed by atoms with van der Waals surface area (Å²) in [5.74, 6) is 2.52. The average molecular weight is 391 g/mol. The van der Waals surface area contributed by atoms with Crippen molar-refractivity contribution in [1.29, 1.82) is 0 Å². The van der Waals surface area contributed by atoms with Crippen molar-refractivity contribution in [1.82, 2.24) is 29.4 Å². The quantitative estimate of drug-likeness (QED) is 0.535.